The maximum absolute atomic E-state index is 12.2. The van der Waals surface area contributed by atoms with Gasteiger partial charge in [0.2, 0.25) is 0 Å². The number of aryl methyl sites for hydroxylation is 1. The van der Waals surface area contributed by atoms with Crippen LogP contribution in [0, 0.1) is 6.92 Å². The van der Waals surface area contributed by atoms with Gasteiger partial charge in [0.05, 0.1) is 11.9 Å². The van der Waals surface area contributed by atoms with E-state index in [0.717, 1.165) is 23.6 Å². The molecule has 1 aliphatic heterocycles. The van der Waals surface area contributed by atoms with Gasteiger partial charge in [0.1, 0.15) is 12.1 Å². The molecule has 0 bridgehead atoms. The van der Waals surface area contributed by atoms with Gasteiger partial charge in [-0.2, -0.15) is 0 Å². The van der Waals surface area contributed by atoms with Crippen LogP contribution < -0.4 is 5.32 Å². The molecule has 4 heterocycles. The molecule has 0 radical (unpaired) electrons. The lowest BCUT2D eigenvalue weighted by molar-refractivity contribution is 0.0781. The first kappa shape index (κ1) is 13.7. The van der Waals surface area contributed by atoms with Crippen molar-refractivity contribution in [2.75, 3.05) is 18.4 Å². The molecule has 8 heteroatoms. The van der Waals surface area contributed by atoms with Crippen LogP contribution in [0.2, 0.25) is 0 Å². The summed E-state index contributed by atoms with van der Waals surface area (Å²) < 4.78 is 6.48. The van der Waals surface area contributed by atoms with E-state index in [2.05, 4.69) is 20.6 Å². The maximum Gasteiger partial charge on any atom is 0.276 e. The number of likely N-dealkylation sites (tertiary alicyclic amines) is 1. The van der Waals surface area contributed by atoms with Crippen molar-refractivity contribution in [3.05, 3.63) is 42.0 Å². The molecular weight excluding hydrogens is 296 g/mol. The number of hydrogen-bond acceptors (Lipinski definition) is 6. The second-order valence-corrected chi connectivity index (χ2v) is 5.67. The first-order valence-electron chi connectivity index (χ1n) is 7.48. The minimum Gasteiger partial charge on any atom is -0.364 e. The molecular formula is C15H16N6O2. The highest BCUT2D eigenvalue weighted by Crippen LogP contribution is 2.17. The molecule has 1 unspecified atom stereocenters. The zero-order valence-electron chi connectivity index (χ0n) is 12.6. The Morgan fingerprint density at radius 1 is 1.39 bits per heavy atom. The minimum absolute atomic E-state index is 0.100. The Hall–Kier alpha value is -2.90. The predicted octanol–water partition coefficient (Wildman–Crippen LogP) is 1.35. The fourth-order valence-corrected chi connectivity index (χ4v) is 2.83. The van der Waals surface area contributed by atoms with E-state index in [0.29, 0.717) is 18.8 Å². The van der Waals surface area contributed by atoms with E-state index in [4.69, 9.17) is 4.52 Å². The first-order valence-corrected chi connectivity index (χ1v) is 7.48. The number of anilines is 1. The summed E-state index contributed by atoms with van der Waals surface area (Å²) in [4.78, 5) is 18.4. The van der Waals surface area contributed by atoms with Crippen molar-refractivity contribution in [1.82, 2.24) is 24.7 Å². The molecule has 118 valence electrons. The molecule has 4 rings (SSSR count). The quantitative estimate of drug-likeness (QED) is 0.785. The highest BCUT2D eigenvalue weighted by Gasteiger charge is 2.28. The number of rotatable bonds is 3. The number of fused-ring (bicyclic) bond motifs is 1. The van der Waals surface area contributed by atoms with E-state index in [1.807, 2.05) is 25.3 Å². The summed E-state index contributed by atoms with van der Waals surface area (Å²) in [5.74, 6) is 0.673. The van der Waals surface area contributed by atoms with E-state index in [1.54, 1.807) is 15.5 Å². The van der Waals surface area contributed by atoms with Crippen molar-refractivity contribution in [2.45, 2.75) is 19.4 Å². The van der Waals surface area contributed by atoms with Crippen LogP contribution in [0.1, 0.15) is 22.6 Å². The number of nitrogens with one attached hydrogen (secondary N) is 1. The summed E-state index contributed by atoms with van der Waals surface area (Å²) >= 11 is 0. The number of imidazole rings is 1. The zero-order valence-corrected chi connectivity index (χ0v) is 12.6. The lowest BCUT2D eigenvalue weighted by Gasteiger charge is -2.16. The third-order valence-corrected chi connectivity index (χ3v) is 3.92. The van der Waals surface area contributed by atoms with Gasteiger partial charge in [0.25, 0.3) is 5.91 Å². The largest absolute Gasteiger partial charge is 0.364 e. The number of aromatic nitrogens is 4. The number of carbonyl (C=O) groups excluding carboxylic acids is 1. The molecule has 3 aromatic heterocycles. The van der Waals surface area contributed by atoms with Crippen LogP contribution in [0.5, 0.6) is 0 Å². The summed E-state index contributed by atoms with van der Waals surface area (Å²) in [7, 11) is 0. The topological polar surface area (TPSA) is 88.6 Å². The van der Waals surface area contributed by atoms with Crippen LogP contribution in [0.15, 0.2) is 35.2 Å². The van der Waals surface area contributed by atoms with Crippen molar-refractivity contribution in [3.63, 3.8) is 0 Å². The second kappa shape index (κ2) is 5.38. The fourth-order valence-electron chi connectivity index (χ4n) is 2.83. The molecule has 0 spiro atoms. The molecule has 1 aliphatic rings. The van der Waals surface area contributed by atoms with Gasteiger partial charge in [-0.15, -0.1) is 5.10 Å². The van der Waals surface area contributed by atoms with Crippen molar-refractivity contribution in [1.29, 1.82) is 0 Å². The average molecular weight is 312 g/mol. The van der Waals surface area contributed by atoms with Crippen LogP contribution in [0.25, 0.3) is 5.65 Å². The van der Waals surface area contributed by atoms with E-state index < -0.39 is 0 Å². The van der Waals surface area contributed by atoms with E-state index in [1.165, 1.54) is 6.26 Å². The maximum atomic E-state index is 12.2. The van der Waals surface area contributed by atoms with Gasteiger partial charge in [-0.1, -0.05) is 5.16 Å². The van der Waals surface area contributed by atoms with Crippen LogP contribution in [0.3, 0.4) is 0 Å². The Kier molecular flexibility index (Phi) is 3.22. The van der Waals surface area contributed by atoms with E-state index in [-0.39, 0.29) is 11.9 Å². The smallest absolute Gasteiger partial charge is 0.276 e. The summed E-state index contributed by atoms with van der Waals surface area (Å²) in [5.41, 5.74) is 2.10. The van der Waals surface area contributed by atoms with Crippen molar-refractivity contribution < 1.29 is 9.32 Å². The van der Waals surface area contributed by atoms with Crippen LogP contribution in [-0.2, 0) is 0 Å². The van der Waals surface area contributed by atoms with Crippen LogP contribution in [0.4, 0.5) is 5.82 Å². The molecule has 1 saturated heterocycles. The average Bonchev–Trinajstić information content (AvgIpc) is 3.26. The Labute approximate surface area is 132 Å². The van der Waals surface area contributed by atoms with Crippen molar-refractivity contribution in [3.8, 4) is 0 Å². The third-order valence-electron chi connectivity index (χ3n) is 3.92. The standard InChI is InChI=1S/C15H16N6O2/c1-10-8-21-14(16-10)3-2-13(18-21)17-11-4-6-20(9-11)15(22)12-5-7-23-19-12/h2-3,5,7-8,11H,4,6,9H2,1H3,(H,17,18). The number of nitrogens with zero attached hydrogens (tertiary/aromatic N) is 5. The molecule has 8 nitrogen and oxygen atoms in total. The molecule has 1 fully saturated rings. The molecule has 1 amide bonds. The van der Waals surface area contributed by atoms with Crippen molar-refractivity contribution in [2.24, 2.45) is 0 Å². The van der Waals surface area contributed by atoms with Gasteiger partial charge in [-0.05, 0) is 25.5 Å². The lowest BCUT2D eigenvalue weighted by Crippen LogP contribution is -2.32. The highest BCUT2D eigenvalue weighted by molar-refractivity contribution is 5.92. The molecule has 0 aromatic carbocycles. The SMILES string of the molecule is Cc1cn2nc(NC3CCN(C(=O)c4ccon4)C3)ccc2n1. The summed E-state index contributed by atoms with van der Waals surface area (Å²) in [6.07, 6.45) is 4.16. The molecule has 0 aliphatic carbocycles. The number of amides is 1. The predicted molar refractivity (Wildman–Crippen MR) is 82.2 cm³/mol. The molecule has 23 heavy (non-hydrogen) atoms. The minimum atomic E-state index is -0.100. The van der Waals surface area contributed by atoms with E-state index >= 15 is 0 Å². The van der Waals surface area contributed by atoms with Gasteiger partial charge in [-0.25, -0.2) is 9.50 Å². The van der Waals surface area contributed by atoms with Crippen molar-refractivity contribution >= 4 is 17.4 Å². The van der Waals surface area contributed by atoms with Gasteiger partial charge in [-0.3, -0.25) is 4.79 Å². The Morgan fingerprint density at radius 2 is 2.30 bits per heavy atom. The van der Waals surface area contributed by atoms with Gasteiger partial charge >= 0.3 is 0 Å². The summed E-state index contributed by atoms with van der Waals surface area (Å²) in [6, 6.07) is 5.58. The fraction of sp³-hybridized carbons (Fsp3) is 0.333. The summed E-state index contributed by atoms with van der Waals surface area (Å²) in [5, 5.41) is 11.6. The van der Waals surface area contributed by atoms with Gasteiger partial charge in [0.15, 0.2) is 11.3 Å². The van der Waals surface area contributed by atoms with Gasteiger partial charge in [0, 0.05) is 25.2 Å². The first-order chi connectivity index (χ1) is 11.2. The molecule has 0 saturated carbocycles. The normalized spacial score (nSPS) is 17.8. The summed E-state index contributed by atoms with van der Waals surface area (Å²) in [6.45, 7) is 3.25. The Balaban J connectivity index is 1.44. The highest BCUT2D eigenvalue weighted by atomic mass is 16.5. The second-order valence-electron chi connectivity index (χ2n) is 5.67. The lowest BCUT2D eigenvalue weighted by atomic mass is 10.2. The van der Waals surface area contributed by atoms with Crippen LogP contribution >= 0.6 is 0 Å². The monoisotopic (exact) mass is 312 g/mol. The molecule has 1 N–H and O–H groups in total. The van der Waals surface area contributed by atoms with Crippen LogP contribution in [-0.4, -0.2) is 49.7 Å². The Bertz CT molecular complexity index is 841. The van der Waals surface area contributed by atoms with E-state index in [9.17, 15) is 4.79 Å². The molecule has 1 atom stereocenters. The van der Waals surface area contributed by atoms with Gasteiger partial charge < -0.3 is 14.7 Å². The third kappa shape index (κ3) is 2.63. The Morgan fingerprint density at radius 3 is 3.13 bits per heavy atom. The molecule has 3 aromatic rings. The number of carbonyl (C=O) groups is 1. The zero-order chi connectivity index (χ0) is 15.8. The number of hydrogen-bond donors (Lipinski definition) is 1.